The summed E-state index contributed by atoms with van der Waals surface area (Å²) in [7, 11) is 0. The summed E-state index contributed by atoms with van der Waals surface area (Å²) in [6, 6.07) is 5.61. The van der Waals surface area contributed by atoms with Crippen LogP contribution in [0, 0.1) is 0 Å². The molecule has 0 atom stereocenters. The predicted octanol–water partition coefficient (Wildman–Crippen LogP) is 2.59. The Morgan fingerprint density at radius 2 is 2.27 bits per heavy atom. The van der Waals surface area contributed by atoms with E-state index in [9.17, 15) is 0 Å². The smallest absolute Gasteiger partial charge is 0.155 e. The van der Waals surface area contributed by atoms with Crippen molar-refractivity contribution in [3.8, 4) is 5.75 Å². The highest BCUT2D eigenvalue weighted by Gasteiger charge is 2.39. The molecule has 0 radical (unpaired) electrons. The second-order valence-corrected chi connectivity index (χ2v) is 4.67. The molecule has 1 heterocycles. The van der Waals surface area contributed by atoms with Crippen molar-refractivity contribution in [1.29, 1.82) is 0 Å². The van der Waals surface area contributed by atoms with Crippen molar-refractivity contribution >= 4 is 21.6 Å². The zero-order valence-electron chi connectivity index (χ0n) is 8.63. The molecule has 1 aliphatic rings. The molecule has 0 saturated carbocycles. The highest BCUT2D eigenvalue weighted by atomic mass is 79.9. The predicted molar refractivity (Wildman–Crippen MR) is 63.0 cm³/mol. The second kappa shape index (κ2) is 4.02. The van der Waals surface area contributed by atoms with Gasteiger partial charge in [-0.05, 0) is 40.5 Å². The lowest BCUT2D eigenvalue weighted by Gasteiger charge is -2.40. The van der Waals surface area contributed by atoms with Gasteiger partial charge in [-0.25, -0.2) is 0 Å². The average Bonchev–Trinajstić information content (AvgIpc) is 2.17. The number of hydrogen-bond donors (Lipinski definition) is 1. The average molecular weight is 272 g/mol. The largest absolute Gasteiger partial charge is 0.482 e. The van der Waals surface area contributed by atoms with E-state index in [0.717, 1.165) is 22.3 Å². The monoisotopic (exact) mass is 271 g/mol. The molecule has 3 nitrogen and oxygen atoms in total. The van der Waals surface area contributed by atoms with E-state index < -0.39 is 0 Å². The molecule has 1 fully saturated rings. The van der Waals surface area contributed by atoms with E-state index in [2.05, 4.69) is 22.9 Å². The van der Waals surface area contributed by atoms with Gasteiger partial charge < -0.3 is 15.2 Å². The van der Waals surface area contributed by atoms with E-state index in [1.165, 1.54) is 0 Å². The molecule has 0 amide bonds. The van der Waals surface area contributed by atoms with E-state index >= 15 is 0 Å². The van der Waals surface area contributed by atoms with Crippen LogP contribution in [0.3, 0.4) is 0 Å². The van der Waals surface area contributed by atoms with Gasteiger partial charge in [-0.2, -0.15) is 0 Å². The minimum Gasteiger partial charge on any atom is -0.482 e. The summed E-state index contributed by atoms with van der Waals surface area (Å²) >= 11 is 3.38. The van der Waals surface area contributed by atoms with Gasteiger partial charge in [0, 0.05) is 10.2 Å². The van der Waals surface area contributed by atoms with Crippen molar-refractivity contribution in [2.24, 2.45) is 0 Å². The van der Waals surface area contributed by atoms with Crippen molar-refractivity contribution in [3.63, 3.8) is 0 Å². The molecule has 1 aromatic carbocycles. The first-order chi connectivity index (χ1) is 7.15. The van der Waals surface area contributed by atoms with Crippen LogP contribution in [-0.2, 0) is 4.74 Å². The molecular weight excluding hydrogens is 258 g/mol. The summed E-state index contributed by atoms with van der Waals surface area (Å²) in [6.45, 7) is 3.45. The Morgan fingerprint density at radius 1 is 1.53 bits per heavy atom. The lowest BCUT2D eigenvalue weighted by molar-refractivity contribution is -0.162. The molecular formula is C11H14BrNO2. The minimum absolute atomic E-state index is 0.129. The third kappa shape index (κ3) is 2.11. The number of anilines is 1. The number of hydrogen-bond acceptors (Lipinski definition) is 3. The first-order valence-corrected chi connectivity index (χ1v) is 5.76. The first kappa shape index (κ1) is 10.8. The summed E-state index contributed by atoms with van der Waals surface area (Å²) in [5, 5.41) is 0. The lowest BCUT2D eigenvalue weighted by Crippen LogP contribution is -2.53. The Balaban J connectivity index is 2.13. The van der Waals surface area contributed by atoms with Crippen LogP contribution >= 0.6 is 15.9 Å². The second-order valence-electron chi connectivity index (χ2n) is 3.81. The molecule has 0 aliphatic carbocycles. The van der Waals surface area contributed by atoms with Gasteiger partial charge in [-0.3, -0.25) is 0 Å². The SMILES string of the molecule is CCC1(Oc2ccc(N)c(Br)c2)COC1. The third-order valence-corrected chi connectivity index (χ3v) is 3.37. The Kier molecular flexibility index (Phi) is 2.89. The molecule has 0 unspecified atom stereocenters. The molecule has 82 valence electrons. The van der Waals surface area contributed by atoms with Gasteiger partial charge in [0.1, 0.15) is 5.75 Å². The zero-order valence-corrected chi connectivity index (χ0v) is 10.2. The van der Waals surface area contributed by atoms with Crippen molar-refractivity contribution in [3.05, 3.63) is 22.7 Å². The third-order valence-electron chi connectivity index (χ3n) is 2.68. The van der Waals surface area contributed by atoms with Crippen LogP contribution in [0.4, 0.5) is 5.69 Å². The van der Waals surface area contributed by atoms with Gasteiger partial charge in [-0.1, -0.05) is 6.92 Å². The number of benzene rings is 1. The number of ether oxygens (including phenoxy) is 2. The fourth-order valence-electron chi connectivity index (χ4n) is 1.49. The van der Waals surface area contributed by atoms with Gasteiger partial charge in [0.2, 0.25) is 0 Å². The molecule has 0 spiro atoms. The Hall–Kier alpha value is -0.740. The van der Waals surface area contributed by atoms with Crippen molar-refractivity contribution < 1.29 is 9.47 Å². The molecule has 0 bridgehead atoms. The van der Waals surface area contributed by atoms with E-state index in [4.69, 9.17) is 15.2 Å². The normalized spacial score (nSPS) is 18.3. The molecule has 2 rings (SSSR count). The van der Waals surface area contributed by atoms with Crippen LogP contribution in [0.2, 0.25) is 0 Å². The van der Waals surface area contributed by atoms with Crippen LogP contribution in [0.25, 0.3) is 0 Å². The standard InChI is InChI=1S/C11H14BrNO2/c1-2-11(6-14-7-11)15-8-3-4-10(13)9(12)5-8/h3-5H,2,6-7,13H2,1H3. The van der Waals surface area contributed by atoms with E-state index in [0.29, 0.717) is 13.2 Å². The van der Waals surface area contributed by atoms with Crippen LogP contribution in [-0.4, -0.2) is 18.8 Å². The molecule has 1 saturated heterocycles. The number of nitrogens with two attached hydrogens (primary N) is 1. The highest BCUT2D eigenvalue weighted by Crippen LogP contribution is 2.31. The van der Waals surface area contributed by atoms with Crippen molar-refractivity contribution in [1.82, 2.24) is 0 Å². The van der Waals surface area contributed by atoms with Gasteiger partial charge >= 0.3 is 0 Å². The maximum atomic E-state index is 5.91. The number of halogens is 1. The van der Waals surface area contributed by atoms with E-state index in [1.54, 1.807) is 0 Å². The molecule has 1 aromatic rings. The summed E-state index contributed by atoms with van der Waals surface area (Å²) in [6.07, 6.45) is 0.953. The Morgan fingerprint density at radius 3 is 2.73 bits per heavy atom. The quantitative estimate of drug-likeness (QED) is 0.860. The highest BCUT2D eigenvalue weighted by molar-refractivity contribution is 9.10. The van der Waals surface area contributed by atoms with Crippen molar-refractivity contribution in [2.45, 2.75) is 18.9 Å². The molecule has 1 aliphatic heterocycles. The molecule has 0 aromatic heterocycles. The number of rotatable bonds is 3. The van der Waals surface area contributed by atoms with Gasteiger partial charge in [0.05, 0.1) is 13.2 Å². The van der Waals surface area contributed by atoms with Crippen LogP contribution in [0.1, 0.15) is 13.3 Å². The maximum Gasteiger partial charge on any atom is 0.155 e. The fourth-order valence-corrected chi connectivity index (χ4v) is 1.84. The van der Waals surface area contributed by atoms with E-state index in [1.807, 2.05) is 18.2 Å². The Labute approximate surface area is 97.7 Å². The van der Waals surface area contributed by atoms with Gasteiger partial charge in [-0.15, -0.1) is 0 Å². The van der Waals surface area contributed by atoms with Gasteiger partial charge in [0.25, 0.3) is 0 Å². The molecule has 15 heavy (non-hydrogen) atoms. The topological polar surface area (TPSA) is 44.5 Å². The zero-order chi connectivity index (χ0) is 10.9. The first-order valence-electron chi connectivity index (χ1n) is 4.97. The minimum atomic E-state index is -0.129. The number of nitrogen functional groups attached to an aromatic ring is 1. The summed E-state index contributed by atoms with van der Waals surface area (Å²) in [5.74, 6) is 0.834. The molecule has 2 N–H and O–H groups in total. The lowest BCUT2D eigenvalue weighted by atomic mass is 9.99. The van der Waals surface area contributed by atoms with Crippen LogP contribution in [0.5, 0.6) is 5.75 Å². The van der Waals surface area contributed by atoms with E-state index in [-0.39, 0.29) is 5.60 Å². The fraction of sp³-hybridized carbons (Fsp3) is 0.455. The maximum absolute atomic E-state index is 5.91. The van der Waals surface area contributed by atoms with Crippen molar-refractivity contribution in [2.75, 3.05) is 18.9 Å². The van der Waals surface area contributed by atoms with Crippen LogP contribution < -0.4 is 10.5 Å². The van der Waals surface area contributed by atoms with Gasteiger partial charge in [0.15, 0.2) is 5.60 Å². The Bertz CT molecular complexity index is 358. The summed E-state index contributed by atoms with van der Waals surface area (Å²) in [5.41, 5.74) is 6.30. The summed E-state index contributed by atoms with van der Waals surface area (Å²) in [4.78, 5) is 0. The molecule has 4 heteroatoms. The van der Waals surface area contributed by atoms with Crippen LogP contribution in [0.15, 0.2) is 22.7 Å². The summed E-state index contributed by atoms with van der Waals surface area (Å²) < 4.78 is 12.0.